The van der Waals surface area contributed by atoms with Gasteiger partial charge in [-0.1, -0.05) is 24.3 Å². The first-order chi connectivity index (χ1) is 9.38. The van der Waals surface area contributed by atoms with Crippen molar-refractivity contribution in [2.24, 2.45) is 0 Å². The van der Waals surface area contributed by atoms with E-state index in [0.29, 0.717) is 5.69 Å². The van der Waals surface area contributed by atoms with Gasteiger partial charge < -0.3 is 5.11 Å². The average Bonchev–Trinajstić information content (AvgIpc) is 2.39. The molecule has 1 unspecified atom stereocenters. The highest BCUT2D eigenvalue weighted by Gasteiger charge is 2.14. The largest absolute Gasteiger partial charge is 0.389 e. The second-order valence-electron chi connectivity index (χ2n) is 4.72. The molecule has 0 fully saturated rings. The minimum absolute atomic E-state index is 0.233. The molecule has 106 valence electrons. The van der Waals surface area contributed by atoms with Gasteiger partial charge in [0, 0.05) is 5.69 Å². The number of rotatable bonds is 4. The maximum atomic E-state index is 12.2. The van der Waals surface area contributed by atoms with Crippen LogP contribution in [0.15, 0.2) is 53.4 Å². The lowest BCUT2D eigenvalue weighted by molar-refractivity contribution is 0.199. The van der Waals surface area contributed by atoms with E-state index in [1.54, 1.807) is 49.4 Å². The molecule has 0 saturated carbocycles. The van der Waals surface area contributed by atoms with Crippen LogP contribution in [0, 0.1) is 6.92 Å². The Labute approximate surface area is 119 Å². The molecule has 2 aromatic carbocycles. The average molecular weight is 291 g/mol. The van der Waals surface area contributed by atoms with Crippen LogP contribution in [0.2, 0.25) is 0 Å². The molecule has 2 N–H and O–H groups in total. The van der Waals surface area contributed by atoms with E-state index in [4.69, 9.17) is 0 Å². The Hall–Kier alpha value is -1.85. The van der Waals surface area contributed by atoms with Crippen molar-refractivity contribution in [3.63, 3.8) is 0 Å². The topological polar surface area (TPSA) is 66.4 Å². The minimum Gasteiger partial charge on any atom is -0.389 e. The number of aliphatic hydroxyl groups is 1. The molecule has 0 saturated heterocycles. The lowest BCUT2D eigenvalue weighted by Gasteiger charge is -2.10. The lowest BCUT2D eigenvalue weighted by atomic mass is 10.1. The Morgan fingerprint density at radius 2 is 1.75 bits per heavy atom. The first-order valence-corrected chi connectivity index (χ1v) is 7.74. The Balaban J connectivity index is 2.24. The van der Waals surface area contributed by atoms with E-state index >= 15 is 0 Å². The van der Waals surface area contributed by atoms with E-state index < -0.39 is 16.1 Å². The molecular weight excluding hydrogens is 274 g/mol. The van der Waals surface area contributed by atoms with Crippen LogP contribution in [0.4, 0.5) is 5.69 Å². The van der Waals surface area contributed by atoms with Crippen LogP contribution in [0.5, 0.6) is 0 Å². The zero-order chi connectivity index (χ0) is 14.8. The van der Waals surface area contributed by atoms with E-state index in [-0.39, 0.29) is 4.90 Å². The number of benzene rings is 2. The molecule has 4 nitrogen and oxygen atoms in total. The number of anilines is 1. The third-order valence-corrected chi connectivity index (χ3v) is 4.32. The molecule has 0 spiro atoms. The standard InChI is InChI=1S/C15H17NO3S/c1-11-4-3-5-15(10-11)20(18,19)16-14-8-6-13(7-9-14)12(2)17/h3-10,12,16-17H,1-2H3. The fraction of sp³-hybridized carbons (Fsp3) is 0.200. The Morgan fingerprint density at radius 1 is 1.10 bits per heavy atom. The highest BCUT2D eigenvalue weighted by atomic mass is 32.2. The van der Waals surface area contributed by atoms with E-state index in [2.05, 4.69) is 4.72 Å². The number of sulfonamides is 1. The van der Waals surface area contributed by atoms with Gasteiger partial charge in [-0.05, 0) is 49.2 Å². The first-order valence-electron chi connectivity index (χ1n) is 6.26. The zero-order valence-corrected chi connectivity index (χ0v) is 12.2. The molecule has 0 amide bonds. The number of aryl methyl sites for hydroxylation is 1. The van der Waals surface area contributed by atoms with Crippen molar-refractivity contribution < 1.29 is 13.5 Å². The Bertz CT molecular complexity index is 691. The highest BCUT2D eigenvalue weighted by Crippen LogP contribution is 2.19. The molecule has 0 aliphatic rings. The number of nitrogens with one attached hydrogen (secondary N) is 1. The van der Waals surface area contributed by atoms with E-state index in [1.807, 2.05) is 13.0 Å². The third-order valence-electron chi connectivity index (χ3n) is 2.95. The normalized spacial score (nSPS) is 12.9. The second kappa shape index (κ2) is 5.64. The lowest BCUT2D eigenvalue weighted by Crippen LogP contribution is -2.13. The Kier molecular flexibility index (Phi) is 4.11. The summed E-state index contributed by atoms with van der Waals surface area (Å²) in [7, 11) is -3.58. The predicted molar refractivity (Wildman–Crippen MR) is 79.1 cm³/mol. The molecule has 0 heterocycles. The van der Waals surface area contributed by atoms with Gasteiger partial charge in [-0.15, -0.1) is 0 Å². The molecule has 0 aromatic heterocycles. The van der Waals surface area contributed by atoms with Crippen LogP contribution in [0.25, 0.3) is 0 Å². The van der Waals surface area contributed by atoms with Gasteiger partial charge in [-0.3, -0.25) is 4.72 Å². The molecule has 2 rings (SSSR count). The van der Waals surface area contributed by atoms with Crippen LogP contribution in [0.1, 0.15) is 24.2 Å². The van der Waals surface area contributed by atoms with Crippen LogP contribution in [-0.2, 0) is 10.0 Å². The van der Waals surface area contributed by atoms with Crippen molar-refractivity contribution in [1.82, 2.24) is 0 Å². The molecule has 2 aromatic rings. The van der Waals surface area contributed by atoms with Gasteiger partial charge in [0.05, 0.1) is 11.0 Å². The molecule has 0 aliphatic carbocycles. The first kappa shape index (κ1) is 14.6. The van der Waals surface area contributed by atoms with Gasteiger partial charge in [0.15, 0.2) is 0 Å². The van der Waals surface area contributed by atoms with Gasteiger partial charge in [0.1, 0.15) is 0 Å². The molecular formula is C15H17NO3S. The zero-order valence-electron chi connectivity index (χ0n) is 11.4. The van der Waals surface area contributed by atoms with Crippen molar-refractivity contribution in [3.8, 4) is 0 Å². The van der Waals surface area contributed by atoms with Crippen LogP contribution >= 0.6 is 0 Å². The van der Waals surface area contributed by atoms with Crippen LogP contribution < -0.4 is 4.72 Å². The number of hydrogen-bond donors (Lipinski definition) is 2. The molecule has 5 heteroatoms. The summed E-state index contributed by atoms with van der Waals surface area (Å²) < 4.78 is 26.9. The molecule has 0 aliphatic heterocycles. The maximum Gasteiger partial charge on any atom is 0.261 e. The van der Waals surface area contributed by atoms with Gasteiger partial charge in [0.25, 0.3) is 10.0 Å². The fourth-order valence-electron chi connectivity index (χ4n) is 1.83. The smallest absolute Gasteiger partial charge is 0.261 e. The second-order valence-corrected chi connectivity index (χ2v) is 6.40. The van der Waals surface area contributed by atoms with E-state index in [1.165, 1.54) is 0 Å². The van der Waals surface area contributed by atoms with Crippen molar-refractivity contribution >= 4 is 15.7 Å². The summed E-state index contributed by atoms with van der Waals surface area (Å²) in [5.41, 5.74) is 2.09. The van der Waals surface area contributed by atoms with Crippen molar-refractivity contribution in [3.05, 3.63) is 59.7 Å². The number of aliphatic hydroxyl groups excluding tert-OH is 1. The van der Waals surface area contributed by atoms with Gasteiger partial charge in [-0.2, -0.15) is 0 Å². The van der Waals surface area contributed by atoms with Crippen LogP contribution in [-0.4, -0.2) is 13.5 Å². The minimum atomic E-state index is -3.58. The highest BCUT2D eigenvalue weighted by molar-refractivity contribution is 7.92. The summed E-state index contributed by atoms with van der Waals surface area (Å²) in [6.45, 7) is 3.50. The summed E-state index contributed by atoms with van der Waals surface area (Å²) >= 11 is 0. The SMILES string of the molecule is Cc1cccc(S(=O)(=O)Nc2ccc(C(C)O)cc2)c1. The predicted octanol–water partition coefficient (Wildman–Crippen LogP) is 2.85. The summed E-state index contributed by atoms with van der Waals surface area (Å²) in [5, 5.41) is 9.42. The van der Waals surface area contributed by atoms with Crippen molar-refractivity contribution in [1.29, 1.82) is 0 Å². The molecule has 1 atom stereocenters. The van der Waals surface area contributed by atoms with Gasteiger partial charge in [0.2, 0.25) is 0 Å². The molecule has 0 bridgehead atoms. The van der Waals surface area contributed by atoms with Crippen molar-refractivity contribution in [2.45, 2.75) is 24.8 Å². The quantitative estimate of drug-likeness (QED) is 0.910. The van der Waals surface area contributed by atoms with Crippen LogP contribution in [0.3, 0.4) is 0 Å². The maximum absolute atomic E-state index is 12.2. The van der Waals surface area contributed by atoms with Crippen molar-refractivity contribution in [2.75, 3.05) is 4.72 Å². The summed E-state index contributed by atoms with van der Waals surface area (Å²) in [6, 6.07) is 13.4. The fourth-order valence-corrected chi connectivity index (χ4v) is 2.99. The molecule has 0 radical (unpaired) electrons. The summed E-state index contributed by atoms with van der Waals surface area (Å²) in [6.07, 6.45) is -0.572. The number of hydrogen-bond acceptors (Lipinski definition) is 3. The molecule has 20 heavy (non-hydrogen) atoms. The Morgan fingerprint density at radius 3 is 2.30 bits per heavy atom. The third kappa shape index (κ3) is 3.37. The van der Waals surface area contributed by atoms with E-state index in [9.17, 15) is 13.5 Å². The summed E-state index contributed by atoms with van der Waals surface area (Å²) in [5.74, 6) is 0. The summed E-state index contributed by atoms with van der Waals surface area (Å²) in [4.78, 5) is 0.233. The van der Waals surface area contributed by atoms with E-state index in [0.717, 1.165) is 11.1 Å². The van der Waals surface area contributed by atoms with Gasteiger partial charge in [-0.25, -0.2) is 8.42 Å². The van der Waals surface area contributed by atoms with Gasteiger partial charge >= 0.3 is 0 Å². The monoisotopic (exact) mass is 291 g/mol.